The molecule has 1 aromatic heterocycles. The van der Waals surface area contributed by atoms with Crippen LogP contribution < -0.4 is 4.74 Å². The number of ether oxygens (including phenoxy) is 1. The molecule has 1 N–H and O–H groups in total. The van der Waals surface area contributed by atoms with Gasteiger partial charge in [0.1, 0.15) is 5.75 Å². The highest BCUT2D eigenvalue weighted by Gasteiger charge is 2.32. The van der Waals surface area contributed by atoms with E-state index in [-0.39, 0.29) is 0 Å². The lowest BCUT2D eigenvalue weighted by molar-refractivity contribution is 0.127. The average Bonchev–Trinajstić information content (AvgIpc) is 2.72. The lowest BCUT2D eigenvalue weighted by atomic mass is 9.75. The molecule has 2 aliphatic rings. The largest absolute Gasteiger partial charge is 0.437 e. The van der Waals surface area contributed by atoms with E-state index in [9.17, 15) is 5.21 Å². The van der Waals surface area contributed by atoms with Gasteiger partial charge in [0.25, 0.3) is 0 Å². The highest BCUT2D eigenvalue weighted by atomic mass is 35.5. The van der Waals surface area contributed by atoms with Crippen LogP contribution in [0.4, 0.5) is 0 Å². The number of fused-ring (bicyclic) bond motifs is 1. The number of oxime groups is 1. The van der Waals surface area contributed by atoms with E-state index in [0.29, 0.717) is 33.4 Å². The zero-order valence-corrected chi connectivity index (χ0v) is 17.0. The fourth-order valence-corrected chi connectivity index (χ4v) is 4.66. The van der Waals surface area contributed by atoms with Gasteiger partial charge in [-0.15, -0.1) is 0 Å². The number of likely N-dealkylation sites (tertiary alicyclic amines) is 1. The molecule has 2 atom stereocenters. The van der Waals surface area contributed by atoms with Gasteiger partial charge in [-0.25, -0.2) is 4.98 Å². The van der Waals surface area contributed by atoms with Crippen LogP contribution in [-0.2, 0) is 0 Å². The highest BCUT2D eigenvalue weighted by molar-refractivity contribution is 6.34. The Labute approximate surface area is 174 Å². The zero-order valence-electron chi connectivity index (χ0n) is 15.5. The summed E-state index contributed by atoms with van der Waals surface area (Å²) < 4.78 is 5.73. The molecule has 2 heterocycles. The number of hydrogen-bond acceptors (Lipinski definition) is 4. The maximum Gasteiger partial charge on any atom is 0.219 e. The Kier molecular flexibility index (Phi) is 5.93. The first-order valence-corrected chi connectivity index (χ1v) is 10.5. The number of benzene rings is 1. The second-order valence-corrected chi connectivity index (χ2v) is 8.37. The van der Waals surface area contributed by atoms with Crippen LogP contribution in [0.2, 0.25) is 10.0 Å². The summed E-state index contributed by atoms with van der Waals surface area (Å²) in [6, 6.07) is 8.62. The van der Waals surface area contributed by atoms with E-state index in [1.165, 1.54) is 25.7 Å². The van der Waals surface area contributed by atoms with Crippen molar-refractivity contribution in [3.8, 4) is 11.6 Å². The van der Waals surface area contributed by atoms with Crippen molar-refractivity contribution >= 4 is 29.0 Å². The first kappa shape index (κ1) is 19.3. The molecule has 0 spiro atoms. The Morgan fingerprint density at radius 1 is 1.11 bits per heavy atom. The van der Waals surface area contributed by atoms with E-state index < -0.39 is 0 Å². The van der Waals surface area contributed by atoms with Crippen molar-refractivity contribution in [3.63, 3.8) is 0 Å². The third-order valence-electron chi connectivity index (χ3n) is 5.79. The Bertz CT molecular complexity index is 857. The fraction of sp³-hybridized carbons (Fsp3) is 0.429. The molecule has 4 rings (SSSR count). The number of hydrogen-bond donors (Lipinski definition) is 1. The minimum atomic E-state index is 0.399. The number of nitrogens with zero attached hydrogens (tertiary/aromatic N) is 3. The Morgan fingerprint density at radius 2 is 1.93 bits per heavy atom. The van der Waals surface area contributed by atoms with E-state index in [1.54, 1.807) is 30.5 Å². The van der Waals surface area contributed by atoms with Gasteiger partial charge in [0.15, 0.2) is 5.84 Å². The molecule has 2 fully saturated rings. The van der Waals surface area contributed by atoms with Crippen LogP contribution in [0.1, 0.15) is 37.7 Å². The van der Waals surface area contributed by atoms with Crippen molar-refractivity contribution in [3.05, 3.63) is 52.1 Å². The first-order valence-electron chi connectivity index (χ1n) is 9.70. The summed E-state index contributed by atoms with van der Waals surface area (Å²) in [6.45, 7) is 1.86. The Balaban J connectivity index is 1.47. The van der Waals surface area contributed by atoms with Crippen molar-refractivity contribution in [2.75, 3.05) is 13.1 Å². The summed E-state index contributed by atoms with van der Waals surface area (Å²) >= 11 is 12.1. The van der Waals surface area contributed by atoms with Gasteiger partial charge in [-0.3, -0.25) is 0 Å². The summed E-state index contributed by atoms with van der Waals surface area (Å²) in [7, 11) is 0. The summed E-state index contributed by atoms with van der Waals surface area (Å²) in [6.07, 6.45) is 8.08. The van der Waals surface area contributed by atoms with Crippen molar-refractivity contribution < 1.29 is 9.94 Å². The Morgan fingerprint density at radius 3 is 2.68 bits per heavy atom. The summed E-state index contributed by atoms with van der Waals surface area (Å²) in [5.41, 5.74) is 0.765. The van der Waals surface area contributed by atoms with Crippen molar-refractivity contribution in [2.45, 2.75) is 32.1 Å². The molecule has 0 amide bonds. The fourth-order valence-electron chi connectivity index (χ4n) is 4.34. The minimum Gasteiger partial charge on any atom is -0.437 e. The third kappa shape index (κ3) is 4.20. The van der Waals surface area contributed by atoms with Gasteiger partial charge in [0, 0.05) is 42.0 Å². The van der Waals surface area contributed by atoms with Gasteiger partial charge in [-0.1, -0.05) is 47.6 Å². The van der Waals surface area contributed by atoms with E-state index in [0.717, 1.165) is 31.0 Å². The molecule has 5 nitrogen and oxygen atoms in total. The maximum atomic E-state index is 9.65. The second kappa shape index (κ2) is 8.58. The molecule has 0 radical (unpaired) electrons. The SMILES string of the molecule is O/N=C(/c1ccc(Oc2cc(Cl)ccc2Cl)nc1)N1CCC2CCCCC2C1. The van der Waals surface area contributed by atoms with Gasteiger partial charge in [-0.2, -0.15) is 0 Å². The molecular weight excluding hydrogens is 397 g/mol. The first-order chi connectivity index (χ1) is 13.6. The van der Waals surface area contributed by atoms with E-state index in [2.05, 4.69) is 15.0 Å². The maximum absolute atomic E-state index is 9.65. The monoisotopic (exact) mass is 419 g/mol. The number of halogens is 2. The topological polar surface area (TPSA) is 58.0 Å². The van der Waals surface area contributed by atoms with Gasteiger partial charge >= 0.3 is 0 Å². The van der Waals surface area contributed by atoms with Crippen LogP contribution in [0.3, 0.4) is 0 Å². The molecule has 7 heteroatoms. The number of piperidine rings is 1. The molecule has 1 aromatic carbocycles. The van der Waals surface area contributed by atoms with Gasteiger partial charge in [0.05, 0.1) is 5.02 Å². The quantitative estimate of drug-likeness (QED) is 0.294. The normalized spacial score (nSPS) is 22.6. The van der Waals surface area contributed by atoms with E-state index in [1.807, 2.05) is 6.07 Å². The van der Waals surface area contributed by atoms with Crippen LogP contribution >= 0.6 is 23.2 Å². The minimum absolute atomic E-state index is 0.399. The van der Waals surface area contributed by atoms with Gasteiger partial charge in [0.2, 0.25) is 5.88 Å². The Hall–Kier alpha value is -1.98. The molecule has 1 saturated heterocycles. The van der Waals surface area contributed by atoms with E-state index >= 15 is 0 Å². The van der Waals surface area contributed by atoms with Crippen molar-refractivity contribution in [1.82, 2.24) is 9.88 Å². The predicted molar refractivity (Wildman–Crippen MR) is 111 cm³/mol. The summed E-state index contributed by atoms with van der Waals surface area (Å²) in [4.78, 5) is 6.53. The summed E-state index contributed by atoms with van der Waals surface area (Å²) in [5, 5.41) is 14.2. The van der Waals surface area contributed by atoms with E-state index in [4.69, 9.17) is 27.9 Å². The molecule has 2 aromatic rings. The second-order valence-electron chi connectivity index (χ2n) is 7.52. The highest BCUT2D eigenvalue weighted by Crippen LogP contribution is 2.36. The lowest BCUT2D eigenvalue weighted by Gasteiger charge is -2.42. The zero-order chi connectivity index (χ0) is 19.5. The molecular formula is C21H23Cl2N3O2. The van der Waals surface area contributed by atoms with Crippen molar-refractivity contribution in [2.24, 2.45) is 17.0 Å². The molecule has 1 aliphatic heterocycles. The standard InChI is InChI=1S/C21H23Cl2N3O2/c22-17-6-7-18(23)19(11-17)28-20-8-5-15(12-24-20)21(25-27)26-10-9-14-3-1-2-4-16(14)13-26/h5-8,11-12,14,16,27H,1-4,9-10,13H2/b25-21-. The molecule has 1 aliphatic carbocycles. The van der Waals surface area contributed by atoms with Crippen LogP contribution in [0, 0.1) is 11.8 Å². The number of rotatable bonds is 3. The van der Waals surface area contributed by atoms with Gasteiger partial charge in [-0.05, 0) is 42.9 Å². The number of amidine groups is 1. The smallest absolute Gasteiger partial charge is 0.219 e. The average molecular weight is 420 g/mol. The number of aromatic nitrogens is 1. The molecule has 148 valence electrons. The van der Waals surface area contributed by atoms with Crippen LogP contribution in [0.5, 0.6) is 11.6 Å². The lowest BCUT2D eigenvalue weighted by Crippen LogP contribution is -2.45. The van der Waals surface area contributed by atoms with Crippen LogP contribution in [-0.4, -0.2) is 34.0 Å². The van der Waals surface area contributed by atoms with Crippen LogP contribution in [0.25, 0.3) is 0 Å². The predicted octanol–water partition coefficient (Wildman–Crippen LogP) is 5.83. The van der Waals surface area contributed by atoms with Gasteiger partial charge < -0.3 is 14.8 Å². The summed E-state index contributed by atoms with van der Waals surface area (Å²) in [5.74, 6) is 2.94. The molecule has 2 unspecified atom stereocenters. The molecule has 1 saturated carbocycles. The third-order valence-corrected chi connectivity index (χ3v) is 6.34. The van der Waals surface area contributed by atoms with Crippen LogP contribution in [0.15, 0.2) is 41.7 Å². The molecule has 28 heavy (non-hydrogen) atoms. The number of pyridine rings is 1. The molecule has 0 bridgehead atoms. The van der Waals surface area contributed by atoms with Crippen molar-refractivity contribution in [1.29, 1.82) is 0 Å².